The molecule has 1 amide bonds. The van der Waals surface area contributed by atoms with E-state index in [2.05, 4.69) is 0 Å². The Morgan fingerprint density at radius 3 is 2.40 bits per heavy atom. The van der Waals surface area contributed by atoms with E-state index in [0.29, 0.717) is 11.8 Å². The maximum atomic E-state index is 12.4. The van der Waals surface area contributed by atoms with Crippen LogP contribution in [0.5, 0.6) is 0 Å². The summed E-state index contributed by atoms with van der Waals surface area (Å²) in [6.45, 7) is 1.44. The van der Waals surface area contributed by atoms with Crippen LogP contribution < -0.4 is 0 Å². The van der Waals surface area contributed by atoms with Gasteiger partial charge in [-0.3, -0.25) is 9.59 Å². The minimum absolute atomic E-state index is 0.00783. The molecule has 4 nitrogen and oxygen atoms in total. The number of piperidine rings is 1. The van der Waals surface area contributed by atoms with Gasteiger partial charge in [-0.1, -0.05) is 6.42 Å². The van der Waals surface area contributed by atoms with Crippen molar-refractivity contribution in [3.05, 3.63) is 0 Å². The Hall–Kier alpha value is -1.06. The standard InChI is InChI=1S/C16H25NO3/c1-20-16(19)12-4-6-17(7-5-12)15(18)10-14-9-11-2-3-13(14)8-11/h11-14H,2-10H2,1H3. The lowest BCUT2D eigenvalue weighted by Gasteiger charge is -2.32. The molecule has 3 fully saturated rings. The van der Waals surface area contributed by atoms with Crippen molar-refractivity contribution in [2.24, 2.45) is 23.7 Å². The molecule has 0 radical (unpaired) electrons. The van der Waals surface area contributed by atoms with E-state index in [1.807, 2.05) is 4.90 Å². The molecule has 3 atom stereocenters. The highest BCUT2D eigenvalue weighted by Crippen LogP contribution is 2.49. The monoisotopic (exact) mass is 279 g/mol. The van der Waals surface area contributed by atoms with Crippen LogP contribution in [0.4, 0.5) is 0 Å². The number of ether oxygens (including phenoxy) is 1. The number of carbonyl (C=O) groups is 2. The maximum Gasteiger partial charge on any atom is 0.308 e. The van der Waals surface area contributed by atoms with Crippen LogP contribution in [0.25, 0.3) is 0 Å². The molecule has 2 bridgehead atoms. The van der Waals surface area contributed by atoms with Crippen molar-refractivity contribution in [2.45, 2.75) is 44.9 Å². The molecule has 2 saturated carbocycles. The highest BCUT2D eigenvalue weighted by molar-refractivity contribution is 5.77. The average molecular weight is 279 g/mol. The Bertz CT molecular complexity index is 387. The number of likely N-dealkylation sites (tertiary alicyclic amines) is 1. The molecule has 0 aromatic rings. The zero-order valence-corrected chi connectivity index (χ0v) is 12.3. The van der Waals surface area contributed by atoms with Crippen molar-refractivity contribution in [1.82, 2.24) is 4.90 Å². The smallest absolute Gasteiger partial charge is 0.308 e. The van der Waals surface area contributed by atoms with Gasteiger partial charge in [0, 0.05) is 19.5 Å². The highest BCUT2D eigenvalue weighted by Gasteiger charge is 2.41. The summed E-state index contributed by atoms with van der Waals surface area (Å²) in [7, 11) is 1.44. The number of carbonyl (C=O) groups excluding carboxylic acids is 2. The third-order valence-electron chi connectivity index (χ3n) is 5.70. The maximum absolute atomic E-state index is 12.4. The molecular formula is C16H25NO3. The van der Waals surface area contributed by atoms with Crippen molar-refractivity contribution >= 4 is 11.9 Å². The Balaban J connectivity index is 1.46. The zero-order chi connectivity index (χ0) is 14.1. The van der Waals surface area contributed by atoms with E-state index in [0.717, 1.165) is 44.2 Å². The summed E-state index contributed by atoms with van der Waals surface area (Å²) in [5, 5.41) is 0. The number of rotatable bonds is 3. The van der Waals surface area contributed by atoms with Gasteiger partial charge in [-0.2, -0.15) is 0 Å². The van der Waals surface area contributed by atoms with Crippen molar-refractivity contribution < 1.29 is 14.3 Å². The molecule has 0 N–H and O–H groups in total. The van der Waals surface area contributed by atoms with Crippen LogP contribution in [0.3, 0.4) is 0 Å². The second kappa shape index (κ2) is 5.74. The van der Waals surface area contributed by atoms with E-state index in [-0.39, 0.29) is 11.9 Å². The molecular weight excluding hydrogens is 254 g/mol. The molecule has 3 aliphatic rings. The van der Waals surface area contributed by atoms with Gasteiger partial charge in [-0.25, -0.2) is 0 Å². The number of nitrogens with zero attached hydrogens (tertiary/aromatic N) is 1. The lowest BCUT2D eigenvalue weighted by molar-refractivity contribution is -0.149. The summed E-state index contributed by atoms with van der Waals surface area (Å²) in [5.41, 5.74) is 0. The molecule has 3 rings (SSSR count). The molecule has 1 aliphatic heterocycles. The van der Waals surface area contributed by atoms with Crippen LogP contribution in [0.1, 0.15) is 44.9 Å². The predicted molar refractivity (Wildman–Crippen MR) is 74.9 cm³/mol. The second-order valence-corrected chi connectivity index (χ2v) is 6.82. The van der Waals surface area contributed by atoms with E-state index in [4.69, 9.17) is 4.74 Å². The van der Waals surface area contributed by atoms with Gasteiger partial charge in [0.2, 0.25) is 5.91 Å². The minimum Gasteiger partial charge on any atom is -0.469 e. The van der Waals surface area contributed by atoms with Gasteiger partial charge < -0.3 is 9.64 Å². The van der Waals surface area contributed by atoms with Gasteiger partial charge in [0.1, 0.15) is 0 Å². The van der Waals surface area contributed by atoms with Gasteiger partial charge >= 0.3 is 5.97 Å². The Morgan fingerprint density at radius 1 is 1.10 bits per heavy atom. The van der Waals surface area contributed by atoms with E-state index in [9.17, 15) is 9.59 Å². The van der Waals surface area contributed by atoms with Crippen molar-refractivity contribution in [3.63, 3.8) is 0 Å². The fraction of sp³-hybridized carbons (Fsp3) is 0.875. The van der Waals surface area contributed by atoms with Gasteiger partial charge in [0.05, 0.1) is 13.0 Å². The Labute approximate surface area is 120 Å². The van der Waals surface area contributed by atoms with Gasteiger partial charge in [0.25, 0.3) is 0 Å². The largest absolute Gasteiger partial charge is 0.469 e. The zero-order valence-electron chi connectivity index (χ0n) is 12.3. The third-order valence-corrected chi connectivity index (χ3v) is 5.70. The van der Waals surface area contributed by atoms with Crippen molar-refractivity contribution in [2.75, 3.05) is 20.2 Å². The number of esters is 1. The molecule has 2 aliphatic carbocycles. The molecule has 0 spiro atoms. The first kappa shape index (κ1) is 13.9. The number of hydrogen-bond acceptors (Lipinski definition) is 3. The fourth-order valence-corrected chi connectivity index (χ4v) is 4.51. The second-order valence-electron chi connectivity index (χ2n) is 6.82. The Kier molecular flexibility index (Phi) is 3.99. The molecule has 0 aromatic heterocycles. The molecule has 4 heteroatoms. The van der Waals surface area contributed by atoms with Gasteiger partial charge in [-0.05, 0) is 49.9 Å². The first-order chi connectivity index (χ1) is 9.67. The molecule has 20 heavy (non-hydrogen) atoms. The first-order valence-electron chi connectivity index (χ1n) is 8.03. The van der Waals surface area contributed by atoms with E-state index >= 15 is 0 Å². The summed E-state index contributed by atoms with van der Waals surface area (Å²) in [5.74, 6) is 2.54. The van der Waals surface area contributed by atoms with Crippen LogP contribution in [0, 0.1) is 23.7 Å². The van der Waals surface area contributed by atoms with Crippen LogP contribution >= 0.6 is 0 Å². The third kappa shape index (κ3) is 2.70. The lowest BCUT2D eigenvalue weighted by atomic mass is 9.86. The molecule has 112 valence electrons. The highest BCUT2D eigenvalue weighted by atomic mass is 16.5. The summed E-state index contributed by atoms with van der Waals surface area (Å²) in [6.07, 6.45) is 7.62. The van der Waals surface area contributed by atoms with Crippen LogP contribution in [0.2, 0.25) is 0 Å². The van der Waals surface area contributed by atoms with Gasteiger partial charge in [0.15, 0.2) is 0 Å². The predicted octanol–water partition coefficient (Wildman–Crippen LogP) is 2.22. The fourth-order valence-electron chi connectivity index (χ4n) is 4.51. The van der Waals surface area contributed by atoms with E-state index in [1.165, 1.54) is 32.8 Å². The van der Waals surface area contributed by atoms with Gasteiger partial charge in [-0.15, -0.1) is 0 Å². The van der Waals surface area contributed by atoms with Crippen LogP contribution in [-0.4, -0.2) is 37.0 Å². The number of fused-ring (bicyclic) bond motifs is 2. The van der Waals surface area contributed by atoms with Crippen molar-refractivity contribution in [3.8, 4) is 0 Å². The van der Waals surface area contributed by atoms with Crippen LogP contribution in [0.15, 0.2) is 0 Å². The Morgan fingerprint density at radius 2 is 1.85 bits per heavy atom. The normalized spacial score (nSPS) is 33.5. The first-order valence-corrected chi connectivity index (χ1v) is 8.03. The number of hydrogen-bond donors (Lipinski definition) is 0. The molecule has 3 unspecified atom stereocenters. The van der Waals surface area contributed by atoms with E-state index < -0.39 is 0 Å². The average Bonchev–Trinajstić information content (AvgIpc) is 3.09. The van der Waals surface area contributed by atoms with Crippen LogP contribution in [-0.2, 0) is 14.3 Å². The van der Waals surface area contributed by atoms with Crippen molar-refractivity contribution in [1.29, 1.82) is 0 Å². The topological polar surface area (TPSA) is 46.6 Å². The summed E-state index contributed by atoms with van der Waals surface area (Å²) in [6, 6.07) is 0. The summed E-state index contributed by atoms with van der Waals surface area (Å²) >= 11 is 0. The molecule has 0 aromatic carbocycles. The van der Waals surface area contributed by atoms with E-state index in [1.54, 1.807) is 0 Å². The lowest BCUT2D eigenvalue weighted by Crippen LogP contribution is -2.41. The minimum atomic E-state index is -0.120. The molecule has 1 heterocycles. The quantitative estimate of drug-likeness (QED) is 0.744. The number of amides is 1. The SMILES string of the molecule is COC(=O)C1CCN(C(=O)CC2CC3CCC2C3)CC1. The summed E-state index contributed by atoms with van der Waals surface area (Å²) in [4.78, 5) is 25.8. The molecule has 1 saturated heterocycles. The summed E-state index contributed by atoms with van der Waals surface area (Å²) < 4.78 is 4.78. The number of methoxy groups -OCH3 is 1.